The van der Waals surface area contributed by atoms with Gasteiger partial charge in [-0.25, -0.2) is 8.42 Å². The summed E-state index contributed by atoms with van der Waals surface area (Å²) >= 11 is 0. The maximum Gasteiger partial charge on any atom is 0.289 e. The molecule has 0 radical (unpaired) electrons. The van der Waals surface area contributed by atoms with E-state index in [9.17, 15) is 28.6 Å². The van der Waals surface area contributed by atoms with Crippen molar-refractivity contribution in [2.45, 2.75) is 11.4 Å². The molecular formula is C17H18N4O6S. The van der Waals surface area contributed by atoms with Crippen molar-refractivity contribution < 1.29 is 18.3 Å². The number of hydrogen-bond donors (Lipinski definition) is 0. The Morgan fingerprint density at radius 2 is 1.46 bits per heavy atom. The molecule has 0 amide bonds. The van der Waals surface area contributed by atoms with Crippen molar-refractivity contribution in [1.29, 1.82) is 0 Å². The standard InChI is InChI=1S/C17H18N4O6S/c22-20(23)15-7-5-14(6-8-15)13-18-9-11-19(12-10-18)28(26,27)17-4-2-1-3-16(17)21(24)25/h1-8H,9-13H2. The van der Waals surface area contributed by atoms with Crippen LogP contribution >= 0.6 is 0 Å². The summed E-state index contributed by atoms with van der Waals surface area (Å²) in [6, 6.07) is 11.5. The Hall–Kier alpha value is -2.89. The first-order valence-corrected chi connectivity index (χ1v) is 9.92. The minimum Gasteiger partial charge on any atom is -0.296 e. The number of nitrogens with zero attached hydrogens (tertiary/aromatic N) is 4. The molecule has 3 rings (SSSR count). The Bertz CT molecular complexity index is 985. The first-order chi connectivity index (χ1) is 13.3. The molecule has 28 heavy (non-hydrogen) atoms. The van der Waals surface area contributed by atoms with E-state index in [1.54, 1.807) is 12.1 Å². The number of non-ortho nitro benzene ring substituents is 1. The molecule has 0 atom stereocenters. The van der Waals surface area contributed by atoms with Gasteiger partial charge in [0, 0.05) is 50.9 Å². The Labute approximate surface area is 161 Å². The van der Waals surface area contributed by atoms with Crippen molar-refractivity contribution in [2.24, 2.45) is 0 Å². The van der Waals surface area contributed by atoms with Crippen molar-refractivity contribution in [3.8, 4) is 0 Å². The fourth-order valence-corrected chi connectivity index (χ4v) is 4.65. The number of benzene rings is 2. The average Bonchev–Trinajstić information content (AvgIpc) is 2.69. The summed E-state index contributed by atoms with van der Waals surface area (Å²) in [4.78, 5) is 22.4. The molecule has 0 aliphatic carbocycles. The van der Waals surface area contributed by atoms with Gasteiger partial charge in [0.2, 0.25) is 10.0 Å². The van der Waals surface area contributed by atoms with Crippen LogP contribution in [0.15, 0.2) is 53.4 Å². The van der Waals surface area contributed by atoms with Gasteiger partial charge in [-0.1, -0.05) is 24.3 Å². The third kappa shape index (κ3) is 4.16. The first-order valence-electron chi connectivity index (χ1n) is 8.48. The van der Waals surface area contributed by atoms with E-state index in [4.69, 9.17) is 0 Å². The summed E-state index contributed by atoms with van der Waals surface area (Å²) in [5.74, 6) is 0. The molecule has 10 nitrogen and oxygen atoms in total. The third-order valence-electron chi connectivity index (χ3n) is 4.56. The SMILES string of the molecule is O=[N+]([O-])c1ccc(CN2CCN(S(=O)(=O)c3ccccc3[N+](=O)[O-])CC2)cc1. The smallest absolute Gasteiger partial charge is 0.289 e. The molecule has 1 aliphatic heterocycles. The van der Waals surface area contributed by atoms with Crippen molar-refractivity contribution in [3.63, 3.8) is 0 Å². The lowest BCUT2D eigenvalue weighted by molar-refractivity contribution is -0.387. The number of nitro groups is 2. The molecular weight excluding hydrogens is 388 g/mol. The lowest BCUT2D eigenvalue weighted by Gasteiger charge is -2.33. The average molecular weight is 406 g/mol. The summed E-state index contributed by atoms with van der Waals surface area (Å²) in [7, 11) is -3.96. The van der Waals surface area contributed by atoms with Gasteiger partial charge in [-0.2, -0.15) is 4.31 Å². The van der Waals surface area contributed by atoms with Crippen LogP contribution in [0.25, 0.3) is 0 Å². The van der Waals surface area contributed by atoms with Crippen molar-refractivity contribution >= 4 is 21.4 Å². The highest BCUT2D eigenvalue weighted by Gasteiger charge is 2.33. The minimum absolute atomic E-state index is 0.0177. The van der Waals surface area contributed by atoms with Crippen molar-refractivity contribution in [1.82, 2.24) is 9.21 Å². The maximum absolute atomic E-state index is 12.8. The first kappa shape index (κ1) is 19.9. The second-order valence-corrected chi connectivity index (χ2v) is 8.23. The summed E-state index contributed by atoms with van der Waals surface area (Å²) in [6.45, 7) is 1.87. The quantitative estimate of drug-likeness (QED) is 0.530. The summed E-state index contributed by atoms with van der Waals surface area (Å²) in [5.41, 5.74) is 0.473. The van der Waals surface area contributed by atoms with Crippen LogP contribution in [0, 0.1) is 20.2 Å². The zero-order chi connectivity index (χ0) is 20.3. The van der Waals surface area contributed by atoms with Crippen molar-refractivity contribution in [2.75, 3.05) is 26.2 Å². The molecule has 1 heterocycles. The third-order valence-corrected chi connectivity index (χ3v) is 6.51. The molecule has 1 fully saturated rings. The zero-order valence-electron chi connectivity index (χ0n) is 14.8. The molecule has 11 heteroatoms. The van der Waals surface area contributed by atoms with Crippen LogP contribution in [-0.4, -0.2) is 53.6 Å². The van der Waals surface area contributed by atoms with E-state index in [-0.39, 0.29) is 23.7 Å². The normalized spacial score (nSPS) is 16.0. The lowest BCUT2D eigenvalue weighted by atomic mass is 10.2. The zero-order valence-corrected chi connectivity index (χ0v) is 15.6. The molecule has 2 aromatic carbocycles. The molecule has 1 saturated heterocycles. The van der Waals surface area contributed by atoms with Crippen LogP contribution in [-0.2, 0) is 16.6 Å². The Balaban J connectivity index is 1.66. The largest absolute Gasteiger partial charge is 0.296 e. The number of rotatable bonds is 6. The van der Waals surface area contributed by atoms with E-state index in [0.29, 0.717) is 19.6 Å². The molecule has 0 saturated carbocycles. The van der Waals surface area contributed by atoms with Crippen molar-refractivity contribution in [3.05, 3.63) is 74.3 Å². The van der Waals surface area contributed by atoms with Gasteiger partial charge in [0.05, 0.1) is 9.85 Å². The van der Waals surface area contributed by atoms with Gasteiger partial charge in [-0.05, 0) is 11.6 Å². The minimum atomic E-state index is -3.96. The van der Waals surface area contributed by atoms with E-state index in [2.05, 4.69) is 0 Å². The van der Waals surface area contributed by atoms with E-state index in [1.807, 2.05) is 4.90 Å². The number of hydrogen-bond acceptors (Lipinski definition) is 7. The number of para-hydroxylation sites is 1. The van der Waals surface area contributed by atoms with Crippen LogP contribution in [0.5, 0.6) is 0 Å². The summed E-state index contributed by atoms with van der Waals surface area (Å²) in [6.07, 6.45) is 0. The predicted octanol–water partition coefficient (Wildman–Crippen LogP) is 2.01. The molecule has 0 bridgehead atoms. The van der Waals surface area contributed by atoms with E-state index < -0.39 is 25.6 Å². The summed E-state index contributed by atoms with van der Waals surface area (Å²) < 4.78 is 26.9. The Morgan fingerprint density at radius 3 is 2.04 bits per heavy atom. The molecule has 148 valence electrons. The second kappa shape index (κ2) is 8.00. The van der Waals surface area contributed by atoms with Crippen LogP contribution in [0.2, 0.25) is 0 Å². The van der Waals surface area contributed by atoms with Crippen LogP contribution in [0.3, 0.4) is 0 Å². The van der Waals surface area contributed by atoms with Gasteiger partial charge in [-0.15, -0.1) is 0 Å². The number of nitro benzene ring substituents is 2. The number of piperazine rings is 1. The van der Waals surface area contributed by atoms with E-state index >= 15 is 0 Å². The maximum atomic E-state index is 12.8. The van der Waals surface area contributed by atoms with E-state index in [0.717, 1.165) is 5.56 Å². The number of sulfonamides is 1. The molecule has 0 aromatic heterocycles. The highest BCUT2D eigenvalue weighted by atomic mass is 32.2. The monoisotopic (exact) mass is 406 g/mol. The van der Waals surface area contributed by atoms with Gasteiger partial charge < -0.3 is 0 Å². The fraction of sp³-hybridized carbons (Fsp3) is 0.294. The molecule has 1 aliphatic rings. The fourth-order valence-electron chi connectivity index (χ4n) is 3.07. The Morgan fingerprint density at radius 1 is 0.857 bits per heavy atom. The molecule has 0 spiro atoms. The molecule has 0 unspecified atom stereocenters. The van der Waals surface area contributed by atoms with Crippen LogP contribution < -0.4 is 0 Å². The second-order valence-electron chi connectivity index (χ2n) is 6.33. The van der Waals surface area contributed by atoms with Gasteiger partial charge in [0.25, 0.3) is 11.4 Å². The van der Waals surface area contributed by atoms with Gasteiger partial charge in [0.1, 0.15) is 0 Å². The Kier molecular flexibility index (Phi) is 5.68. The van der Waals surface area contributed by atoms with Crippen LogP contribution in [0.4, 0.5) is 11.4 Å². The highest BCUT2D eigenvalue weighted by molar-refractivity contribution is 7.89. The lowest BCUT2D eigenvalue weighted by Crippen LogP contribution is -2.48. The highest BCUT2D eigenvalue weighted by Crippen LogP contribution is 2.27. The van der Waals surface area contributed by atoms with Crippen LogP contribution in [0.1, 0.15) is 5.56 Å². The topological polar surface area (TPSA) is 127 Å². The van der Waals surface area contributed by atoms with E-state index in [1.165, 1.54) is 40.7 Å². The summed E-state index contributed by atoms with van der Waals surface area (Å²) in [5, 5.41) is 21.9. The molecule has 2 aromatic rings. The molecule has 0 N–H and O–H groups in total. The predicted molar refractivity (Wildman–Crippen MR) is 100 cm³/mol. The van der Waals surface area contributed by atoms with Gasteiger partial charge in [0.15, 0.2) is 4.90 Å². The van der Waals surface area contributed by atoms with Gasteiger partial charge in [-0.3, -0.25) is 25.1 Å². The van der Waals surface area contributed by atoms with Gasteiger partial charge >= 0.3 is 0 Å².